The quantitative estimate of drug-likeness (QED) is 0.257. The number of hydrogen-bond donors (Lipinski definition) is 6. The first-order chi connectivity index (χ1) is 19.8. The Morgan fingerprint density at radius 1 is 1.12 bits per heavy atom. The van der Waals surface area contributed by atoms with E-state index in [4.69, 9.17) is 5.73 Å². The number of hydrogen-bond acceptors (Lipinski definition) is 10. The van der Waals surface area contributed by atoms with E-state index in [0.717, 1.165) is 44.5 Å². The number of Topliss-reactive ketones (excluding diaryl/α,β-unsaturated/α-hetero) is 2. The van der Waals surface area contributed by atoms with Gasteiger partial charge >= 0.3 is 0 Å². The van der Waals surface area contributed by atoms with Crippen molar-refractivity contribution >= 4 is 28.9 Å². The first kappa shape index (κ1) is 30.1. The smallest absolute Gasteiger partial charge is 0.255 e. The lowest BCUT2D eigenvalue weighted by atomic mass is 9.57. The van der Waals surface area contributed by atoms with Gasteiger partial charge in [-0.1, -0.05) is 6.42 Å². The summed E-state index contributed by atoms with van der Waals surface area (Å²) in [6.07, 6.45) is 5.06. The number of anilines is 1. The second-order valence-electron chi connectivity index (χ2n) is 12.7. The number of amides is 1. The molecule has 1 aromatic carbocycles. The fourth-order valence-electron chi connectivity index (χ4n) is 7.69. The van der Waals surface area contributed by atoms with E-state index in [9.17, 15) is 34.8 Å². The van der Waals surface area contributed by atoms with Gasteiger partial charge in [-0.2, -0.15) is 0 Å². The zero-order valence-corrected chi connectivity index (χ0v) is 24.7. The molecule has 11 nitrogen and oxygen atoms in total. The van der Waals surface area contributed by atoms with E-state index in [-0.39, 0.29) is 29.7 Å². The lowest BCUT2D eigenvalue weighted by molar-refractivity contribution is -0.153. The molecule has 0 bridgehead atoms. The summed E-state index contributed by atoms with van der Waals surface area (Å²) in [5.41, 5.74) is 4.10. The third-order valence-electron chi connectivity index (χ3n) is 9.78. The number of aromatic hydroxyl groups is 1. The molecule has 0 aromatic heterocycles. The van der Waals surface area contributed by atoms with E-state index in [1.54, 1.807) is 14.1 Å². The van der Waals surface area contributed by atoms with Crippen LogP contribution in [0.5, 0.6) is 5.75 Å². The van der Waals surface area contributed by atoms with Crippen molar-refractivity contribution in [1.29, 1.82) is 0 Å². The number of phenols is 1. The van der Waals surface area contributed by atoms with Crippen molar-refractivity contribution in [2.75, 3.05) is 46.2 Å². The van der Waals surface area contributed by atoms with E-state index < -0.39 is 58.0 Å². The number of nitrogens with one attached hydrogen (secondary N) is 1. The van der Waals surface area contributed by atoms with E-state index in [1.165, 1.54) is 4.90 Å². The number of phenolic OH excluding ortho intramolecular Hbond substituents is 1. The molecule has 4 aliphatic rings. The maximum Gasteiger partial charge on any atom is 0.255 e. The third kappa shape index (κ3) is 4.58. The van der Waals surface area contributed by atoms with E-state index >= 15 is 0 Å². The Morgan fingerprint density at radius 2 is 1.79 bits per heavy atom. The van der Waals surface area contributed by atoms with Crippen LogP contribution in [0.3, 0.4) is 0 Å². The SMILES string of the molecule is CN(C)c1cc(CCCC2CCNCC2)c(O)c2c1C[C@H]1C[C@H]3C(N(C)C)C(=O)C(C(N)=O)=C(O)[C@@]3(O)C(=O)C1=C2O. The molecule has 1 aromatic rings. The number of ketones is 2. The summed E-state index contributed by atoms with van der Waals surface area (Å²) in [6, 6.07) is 0.836. The number of nitrogens with two attached hydrogens (primary N) is 1. The summed E-state index contributed by atoms with van der Waals surface area (Å²) in [7, 11) is 6.93. The zero-order chi connectivity index (χ0) is 30.7. The molecular weight excluding hydrogens is 540 g/mol. The number of carbonyl (C=O) groups excluding carboxylic acids is 3. The fraction of sp³-hybridized carbons (Fsp3) is 0.581. The minimum Gasteiger partial charge on any atom is -0.508 e. The lowest BCUT2D eigenvalue weighted by Gasteiger charge is -2.50. The summed E-state index contributed by atoms with van der Waals surface area (Å²) in [4.78, 5) is 43.0. The lowest BCUT2D eigenvalue weighted by Crippen LogP contribution is -2.65. The first-order valence-corrected chi connectivity index (χ1v) is 14.7. The number of carbonyl (C=O) groups is 3. The number of aliphatic hydroxyl groups is 3. The predicted octanol–water partition coefficient (Wildman–Crippen LogP) is 1.35. The van der Waals surface area contributed by atoms with Crippen LogP contribution in [0.15, 0.2) is 23.0 Å². The fourth-order valence-corrected chi connectivity index (χ4v) is 7.69. The summed E-state index contributed by atoms with van der Waals surface area (Å²) in [5, 5.41) is 49.4. The molecule has 1 heterocycles. The van der Waals surface area contributed by atoms with Gasteiger partial charge in [0.25, 0.3) is 5.91 Å². The zero-order valence-electron chi connectivity index (χ0n) is 24.7. The Labute approximate surface area is 245 Å². The Bertz CT molecular complexity index is 1390. The van der Waals surface area contributed by atoms with Gasteiger partial charge in [-0.25, -0.2) is 0 Å². The molecule has 1 saturated heterocycles. The molecule has 4 atom stereocenters. The monoisotopic (exact) mass is 582 g/mol. The van der Waals surface area contributed by atoms with Crippen LogP contribution in [-0.2, 0) is 27.2 Å². The number of nitrogens with zero attached hydrogens (tertiary/aromatic N) is 2. The second kappa shape index (κ2) is 11.0. The van der Waals surface area contributed by atoms with Gasteiger partial charge < -0.3 is 36.4 Å². The van der Waals surface area contributed by atoms with Gasteiger partial charge in [-0.15, -0.1) is 0 Å². The summed E-state index contributed by atoms with van der Waals surface area (Å²) in [5.74, 6) is -5.71. The Balaban J connectivity index is 1.60. The van der Waals surface area contributed by atoms with Gasteiger partial charge in [-0.05, 0) is 94.7 Å². The largest absolute Gasteiger partial charge is 0.508 e. The van der Waals surface area contributed by atoms with Crippen molar-refractivity contribution in [3.63, 3.8) is 0 Å². The normalized spacial score (nSPS) is 28.1. The number of aryl methyl sites for hydroxylation is 1. The van der Waals surface area contributed by atoms with Crippen molar-refractivity contribution in [2.24, 2.45) is 23.5 Å². The van der Waals surface area contributed by atoms with Crippen LogP contribution in [0.1, 0.15) is 48.8 Å². The maximum absolute atomic E-state index is 14.1. The molecule has 0 spiro atoms. The van der Waals surface area contributed by atoms with Crippen LogP contribution in [-0.4, -0.2) is 95.7 Å². The van der Waals surface area contributed by atoms with Crippen molar-refractivity contribution in [1.82, 2.24) is 10.2 Å². The van der Waals surface area contributed by atoms with Gasteiger partial charge in [0.05, 0.1) is 11.6 Å². The number of primary amides is 1. The predicted molar refractivity (Wildman–Crippen MR) is 157 cm³/mol. The molecule has 1 saturated carbocycles. The van der Waals surface area contributed by atoms with Gasteiger partial charge in [-0.3, -0.25) is 19.3 Å². The molecule has 1 unspecified atom stereocenters. The molecule has 228 valence electrons. The first-order valence-electron chi connectivity index (χ1n) is 14.7. The van der Waals surface area contributed by atoms with E-state index in [0.29, 0.717) is 23.5 Å². The van der Waals surface area contributed by atoms with Crippen molar-refractivity contribution in [3.8, 4) is 5.75 Å². The van der Waals surface area contributed by atoms with Crippen LogP contribution >= 0.6 is 0 Å². The standard InChI is InChI=1S/C31H42N4O7/c1-34(2)20-14-16(7-5-6-15-8-10-33-11-9-15)25(36)22-18(20)12-17-13-19-24(35(3)4)27(38)23(30(32)41)29(40)31(19,42)28(39)21(17)26(22)37/h14-15,17,19,24,33,36-37,40,42H,5-13H2,1-4H3,(H2,32,41)/t17-,19-,24?,31-/m0/s1. The van der Waals surface area contributed by atoms with E-state index in [1.807, 2.05) is 25.1 Å². The molecular formula is C31H42N4O7. The highest BCUT2D eigenvalue weighted by Crippen LogP contribution is 2.54. The van der Waals surface area contributed by atoms with Gasteiger partial charge in [0.15, 0.2) is 11.4 Å². The van der Waals surface area contributed by atoms with Crippen molar-refractivity contribution < 1.29 is 34.8 Å². The molecule has 2 fully saturated rings. The maximum atomic E-state index is 14.1. The van der Waals surface area contributed by atoms with Crippen LogP contribution in [0.4, 0.5) is 5.69 Å². The molecule has 1 amide bonds. The number of fused-ring (bicyclic) bond motifs is 3. The highest BCUT2D eigenvalue weighted by atomic mass is 16.3. The average molecular weight is 583 g/mol. The molecule has 0 radical (unpaired) electrons. The Hall–Kier alpha value is -3.41. The minimum absolute atomic E-state index is 0.0669. The van der Waals surface area contributed by atoms with Crippen LogP contribution < -0.4 is 16.0 Å². The molecule has 3 aliphatic carbocycles. The minimum atomic E-state index is -2.64. The summed E-state index contributed by atoms with van der Waals surface area (Å²) >= 11 is 0. The molecule has 5 rings (SSSR count). The van der Waals surface area contributed by atoms with Gasteiger partial charge in [0.2, 0.25) is 5.78 Å². The number of rotatable bonds is 7. The molecule has 11 heteroatoms. The van der Waals surface area contributed by atoms with Crippen molar-refractivity contribution in [2.45, 2.75) is 56.6 Å². The number of aliphatic hydroxyl groups excluding tert-OH is 2. The highest BCUT2D eigenvalue weighted by molar-refractivity contribution is 6.24. The Morgan fingerprint density at radius 3 is 2.38 bits per heavy atom. The Kier molecular flexibility index (Phi) is 7.88. The van der Waals surface area contributed by atoms with E-state index in [2.05, 4.69) is 5.32 Å². The summed E-state index contributed by atoms with van der Waals surface area (Å²) < 4.78 is 0. The topological polar surface area (TPSA) is 177 Å². The number of benzene rings is 1. The second-order valence-corrected chi connectivity index (χ2v) is 12.7. The number of likely N-dealkylation sites (N-methyl/N-ethyl adjacent to an activating group) is 1. The highest BCUT2D eigenvalue weighted by Gasteiger charge is 2.64. The van der Waals surface area contributed by atoms with Gasteiger partial charge in [0.1, 0.15) is 22.8 Å². The van der Waals surface area contributed by atoms with Crippen LogP contribution in [0.25, 0.3) is 5.76 Å². The third-order valence-corrected chi connectivity index (χ3v) is 9.78. The molecule has 7 N–H and O–H groups in total. The van der Waals surface area contributed by atoms with Gasteiger partial charge in [0, 0.05) is 31.3 Å². The van der Waals surface area contributed by atoms with Crippen LogP contribution in [0, 0.1) is 17.8 Å². The van der Waals surface area contributed by atoms with Crippen LogP contribution in [0.2, 0.25) is 0 Å². The average Bonchev–Trinajstić information content (AvgIpc) is 2.92. The summed E-state index contributed by atoms with van der Waals surface area (Å²) in [6.45, 7) is 2.02. The number of piperidine rings is 1. The van der Waals surface area contributed by atoms with Crippen molar-refractivity contribution in [3.05, 3.63) is 39.7 Å². The molecule has 42 heavy (non-hydrogen) atoms. The molecule has 1 aliphatic heterocycles.